The van der Waals surface area contributed by atoms with Crippen LogP contribution >= 0.6 is 23.5 Å². The van der Waals surface area contributed by atoms with Crippen molar-refractivity contribution in [2.45, 2.75) is 40.3 Å². The first-order valence-corrected chi connectivity index (χ1v) is 7.54. The Labute approximate surface area is 117 Å². The van der Waals surface area contributed by atoms with E-state index < -0.39 is 0 Å². The van der Waals surface area contributed by atoms with Gasteiger partial charge in [-0.05, 0) is 24.3 Å². The van der Waals surface area contributed by atoms with Gasteiger partial charge in [-0.2, -0.15) is 0 Å². The predicted octanol–water partition coefficient (Wildman–Crippen LogP) is 5.12. The van der Waals surface area contributed by atoms with Gasteiger partial charge in [-0.3, -0.25) is 0 Å². The Balaban J connectivity index is 2.04. The van der Waals surface area contributed by atoms with Crippen LogP contribution in [0.5, 0.6) is 0 Å². The highest BCUT2D eigenvalue weighted by atomic mass is 32.2. The molecule has 18 heavy (non-hydrogen) atoms. The van der Waals surface area contributed by atoms with Crippen LogP contribution in [0.1, 0.15) is 20.8 Å². The number of hydrogen-bond acceptors (Lipinski definition) is 3. The monoisotopic (exact) mass is 275 g/mol. The van der Waals surface area contributed by atoms with E-state index >= 15 is 0 Å². The lowest BCUT2D eigenvalue weighted by atomic mass is 10.3. The fraction of sp³-hybridized carbons (Fsp3) is 0.267. The van der Waals surface area contributed by atoms with E-state index in [1.165, 1.54) is 9.79 Å². The van der Waals surface area contributed by atoms with Gasteiger partial charge in [0.05, 0.1) is 0 Å². The quantitative estimate of drug-likeness (QED) is 0.721. The highest BCUT2D eigenvalue weighted by Gasteiger charge is 2.12. The summed E-state index contributed by atoms with van der Waals surface area (Å²) in [4.78, 5) is 6.95. The van der Waals surface area contributed by atoms with Crippen LogP contribution in [0.4, 0.5) is 0 Å². The van der Waals surface area contributed by atoms with Crippen molar-refractivity contribution in [1.29, 1.82) is 0 Å². The van der Waals surface area contributed by atoms with Crippen molar-refractivity contribution in [3.63, 3.8) is 0 Å². The molecule has 0 radical (unpaired) electrons. The van der Waals surface area contributed by atoms with Crippen LogP contribution in [0, 0.1) is 0 Å². The second-order valence-corrected chi connectivity index (χ2v) is 7.96. The van der Waals surface area contributed by atoms with E-state index in [0.29, 0.717) is 0 Å². The topological polar surface area (TPSA) is 12.9 Å². The van der Waals surface area contributed by atoms with Gasteiger partial charge in [0, 0.05) is 20.7 Å². The van der Waals surface area contributed by atoms with Crippen molar-refractivity contribution in [3.8, 4) is 0 Å². The number of thioether (sulfide) groups is 1. The van der Waals surface area contributed by atoms with E-state index in [1.807, 2.05) is 36.2 Å². The van der Waals surface area contributed by atoms with Crippen LogP contribution in [-0.4, -0.2) is 9.73 Å². The highest BCUT2D eigenvalue weighted by molar-refractivity contribution is 8.00. The Bertz CT molecular complexity index is 486. The lowest BCUT2D eigenvalue weighted by Crippen LogP contribution is -2.06. The van der Waals surface area contributed by atoms with Crippen molar-refractivity contribution >= 4 is 23.5 Å². The van der Waals surface area contributed by atoms with E-state index in [4.69, 9.17) is 0 Å². The average Bonchev–Trinajstić information content (AvgIpc) is 2.31. The van der Waals surface area contributed by atoms with Crippen LogP contribution in [-0.2, 0) is 0 Å². The zero-order valence-electron chi connectivity index (χ0n) is 10.9. The number of hydrogen-bond donors (Lipinski definition) is 0. The minimum absolute atomic E-state index is 0.232. The Morgan fingerprint density at radius 3 is 2.17 bits per heavy atom. The summed E-state index contributed by atoms with van der Waals surface area (Å²) < 4.78 is 0.232. The highest BCUT2D eigenvalue weighted by Crippen LogP contribution is 2.33. The molecule has 94 valence electrons. The summed E-state index contributed by atoms with van der Waals surface area (Å²) >= 11 is 3.54. The van der Waals surface area contributed by atoms with E-state index in [9.17, 15) is 0 Å². The summed E-state index contributed by atoms with van der Waals surface area (Å²) in [5.41, 5.74) is 0. The minimum Gasteiger partial charge on any atom is -0.248 e. The van der Waals surface area contributed by atoms with Crippen molar-refractivity contribution in [1.82, 2.24) is 4.98 Å². The molecule has 0 aliphatic carbocycles. The fourth-order valence-electron chi connectivity index (χ4n) is 1.45. The van der Waals surface area contributed by atoms with E-state index in [2.05, 4.69) is 50.0 Å². The number of rotatable bonds is 3. The Morgan fingerprint density at radius 2 is 1.61 bits per heavy atom. The summed E-state index contributed by atoms with van der Waals surface area (Å²) in [6.07, 6.45) is 1.96. The molecule has 3 heteroatoms. The second kappa shape index (κ2) is 5.81. The third kappa shape index (κ3) is 4.39. The molecular formula is C15H17NS2. The molecule has 0 aliphatic rings. The maximum Gasteiger partial charge on any atom is 0.101 e. The van der Waals surface area contributed by atoms with Gasteiger partial charge in [0.25, 0.3) is 0 Å². The molecule has 2 rings (SSSR count). The molecule has 0 fully saturated rings. The van der Waals surface area contributed by atoms with Crippen molar-refractivity contribution in [2.75, 3.05) is 0 Å². The van der Waals surface area contributed by atoms with Crippen molar-refractivity contribution in [3.05, 3.63) is 48.7 Å². The predicted molar refractivity (Wildman–Crippen MR) is 80.4 cm³/mol. The average molecular weight is 275 g/mol. The molecule has 0 amide bonds. The number of nitrogens with zero attached hydrogens (tertiary/aromatic N) is 1. The van der Waals surface area contributed by atoms with Crippen LogP contribution in [0.25, 0.3) is 0 Å². The Hall–Kier alpha value is -0.930. The maximum atomic E-state index is 4.50. The van der Waals surface area contributed by atoms with Crippen LogP contribution in [0.15, 0.2) is 63.5 Å². The molecule has 0 atom stereocenters. The molecule has 0 unspecified atom stereocenters. The lowest BCUT2D eigenvalue weighted by Gasteiger charge is -2.17. The molecule has 1 heterocycles. The summed E-state index contributed by atoms with van der Waals surface area (Å²) in [7, 11) is 0. The van der Waals surface area contributed by atoms with Gasteiger partial charge in [0.1, 0.15) is 5.03 Å². The lowest BCUT2D eigenvalue weighted by molar-refractivity contribution is 0.802. The molecule has 0 saturated carbocycles. The van der Waals surface area contributed by atoms with Gasteiger partial charge < -0.3 is 0 Å². The molecule has 0 saturated heterocycles. The third-order valence-electron chi connectivity index (χ3n) is 2.10. The first-order valence-electron chi connectivity index (χ1n) is 5.91. The zero-order valence-corrected chi connectivity index (χ0v) is 12.5. The maximum absolute atomic E-state index is 4.50. The number of benzene rings is 1. The van der Waals surface area contributed by atoms with Gasteiger partial charge >= 0.3 is 0 Å². The summed E-state index contributed by atoms with van der Waals surface area (Å²) in [5.74, 6) is 0. The molecule has 2 aromatic rings. The smallest absolute Gasteiger partial charge is 0.101 e. The van der Waals surface area contributed by atoms with Crippen LogP contribution < -0.4 is 0 Å². The van der Waals surface area contributed by atoms with Crippen molar-refractivity contribution in [2.24, 2.45) is 0 Å². The molecule has 0 bridgehead atoms. The van der Waals surface area contributed by atoms with E-state index in [1.54, 1.807) is 11.8 Å². The SMILES string of the molecule is CC(C)(C)Sc1ccc(Sc2ccccc2)nc1. The molecular weight excluding hydrogens is 258 g/mol. The molecule has 1 nitrogen and oxygen atoms in total. The normalized spacial score (nSPS) is 11.5. The molecule has 1 aromatic heterocycles. The first kappa shape index (κ1) is 13.5. The Kier molecular flexibility index (Phi) is 4.36. The van der Waals surface area contributed by atoms with Gasteiger partial charge in [-0.15, -0.1) is 11.8 Å². The third-order valence-corrected chi connectivity index (χ3v) is 4.15. The standard InChI is InChI=1S/C15H17NS2/c1-15(2,3)18-13-9-10-14(16-11-13)17-12-7-5-4-6-8-12/h4-11H,1-3H3. The van der Waals surface area contributed by atoms with Crippen LogP contribution in [0.2, 0.25) is 0 Å². The molecule has 0 spiro atoms. The van der Waals surface area contributed by atoms with Crippen molar-refractivity contribution < 1.29 is 0 Å². The van der Waals surface area contributed by atoms with Gasteiger partial charge in [-0.25, -0.2) is 4.98 Å². The molecule has 0 N–H and O–H groups in total. The van der Waals surface area contributed by atoms with E-state index in [0.717, 1.165) is 5.03 Å². The van der Waals surface area contributed by atoms with Gasteiger partial charge in [0.15, 0.2) is 0 Å². The fourth-order valence-corrected chi connectivity index (χ4v) is 3.18. The van der Waals surface area contributed by atoms with Crippen LogP contribution in [0.3, 0.4) is 0 Å². The summed E-state index contributed by atoms with van der Waals surface area (Å²) in [5, 5.41) is 1.04. The Morgan fingerprint density at radius 1 is 0.889 bits per heavy atom. The largest absolute Gasteiger partial charge is 0.248 e. The molecule has 1 aromatic carbocycles. The molecule has 0 aliphatic heterocycles. The number of pyridine rings is 1. The second-order valence-electron chi connectivity index (χ2n) is 4.96. The first-order chi connectivity index (χ1) is 8.53. The van der Waals surface area contributed by atoms with E-state index in [-0.39, 0.29) is 4.75 Å². The summed E-state index contributed by atoms with van der Waals surface area (Å²) in [6.45, 7) is 6.64. The summed E-state index contributed by atoms with van der Waals surface area (Å²) in [6, 6.07) is 14.6. The number of aromatic nitrogens is 1. The van der Waals surface area contributed by atoms with Gasteiger partial charge in [0.2, 0.25) is 0 Å². The zero-order chi connectivity index (χ0) is 13.0. The van der Waals surface area contributed by atoms with Gasteiger partial charge in [-0.1, -0.05) is 50.7 Å². The minimum atomic E-state index is 0.232.